The highest BCUT2D eigenvalue weighted by Gasteiger charge is 2.41. The minimum absolute atomic E-state index is 0.0361. The number of amidine groups is 1. The molecule has 1 aliphatic carbocycles. The fourth-order valence-electron chi connectivity index (χ4n) is 4.29. The zero-order valence-electron chi connectivity index (χ0n) is 20.8. The molecule has 9 heteroatoms. The molecule has 1 atom stereocenters. The van der Waals surface area contributed by atoms with E-state index in [0.29, 0.717) is 29.4 Å². The van der Waals surface area contributed by atoms with Crippen molar-refractivity contribution in [2.45, 2.75) is 38.3 Å². The summed E-state index contributed by atoms with van der Waals surface area (Å²) in [5.41, 5.74) is 2.62. The number of hydrogen-bond acceptors (Lipinski definition) is 8. The molecule has 2 aromatic carbocycles. The Morgan fingerprint density at radius 2 is 1.86 bits per heavy atom. The second-order valence-corrected chi connectivity index (χ2v) is 9.86. The molecule has 192 valence electrons. The molecule has 1 saturated carbocycles. The number of carbonyl (C=O) groups excluding carboxylic acids is 2. The van der Waals surface area contributed by atoms with Crippen LogP contribution in [0.1, 0.15) is 37.8 Å². The van der Waals surface area contributed by atoms with Crippen LogP contribution in [0.15, 0.2) is 82.0 Å². The predicted molar refractivity (Wildman–Crippen MR) is 142 cm³/mol. The maximum absolute atomic E-state index is 13.3. The first-order chi connectivity index (χ1) is 18.0. The van der Waals surface area contributed by atoms with Gasteiger partial charge in [-0.3, -0.25) is 4.79 Å². The third kappa shape index (κ3) is 5.89. The van der Waals surface area contributed by atoms with E-state index in [1.165, 1.54) is 11.8 Å². The zero-order valence-corrected chi connectivity index (χ0v) is 21.6. The van der Waals surface area contributed by atoms with E-state index in [1.807, 2.05) is 71.8 Å². The molecule has 0 unspecified atom stereocenters. The van der Waals surface area contributed by atoms with Crippen LogP contribution in [0.3, 0.4) is 0 Å². The van der Waals surface area contributed by atoms with Crippen molar-refractivity contribution in [3.63, 3.8) is 0 Å². The van der Waals surface area contributed by atoms with Crippen LogP contribution < -0.4 is 10.1 Å². The minimum Gasteiger partial charge on any atom is -0.460 e. The van der Waals surface area contributed by atoms with Gasteiger partial charge in [0, 0.05) is 18.8 Å². The first-order valence-corrected chi connectivity index (χ1v) is 13.1. The van der Waals surface area contributed by atoms with Gasteiger partial charge < -0.3 is 24.4 Å². The van der Waals surface area contributed by atoms with E-state index in [0.717, 1.165) is 29.3 Å². The summed E-state index contributed by atoms with van der Waals surface area (Å²) in [7, 11) is 1.56. The van der Waals surface area contributed by atoms with Crippen LogP contribution in [0.5, 0.6) is 11.5 Å². The SMILES string of the molecule is COCCOC(=O)C1=C(C)N=C2SC=C(CC(=O)NC3CC3)N2[C@H]1c1cccc(Oc2ccccc2)c1. The predicted octanol–water partition coefficient (Wildman–Crippen LogP) is 4.91. The van der Waals surface area contributed by atoms with E-state index in [1.54, 1.807) is 7.11 Å². The van der Waals surface area contributed by atoms with Crippen LogP contribution in [0.4, 0.5) is 0 Å². The number of ether oxygens (including phenoxy) is 3. The largest absolute Gasteiger partial charge is 0.460 e. The van der Waals surface area contributed by atoms with E-state index in [4.69, 9.17) is 19.2 Å². The summed E-state index contributed by atoms with van der Waals surface area (Å²) < 4.78 is 16.7. The Balaban J connectivity index is 1.49. The van der Waals surface area contributed by atoms with Gasteiger partial charge >= 0.3 is 5.97 Å². The number of para-hydroxylation sites is 1. The number of amides is 1. The second kappa shape index (κ2) is 11.2. The molecule has 1 amide bonds. The third-order valence-corrected chi connectivity index (χ3v) is 7.07. The molecule has 8 nitrogen and oxygen atoms in total. The lowest BCUT2D eigenvalue weighted by Crippen LogP contribution is -2.38. The summed E-state index contributed by atoms with van der Waals surface area (Å²) >= 11 is 1.45. The van der Waals surface area contributed by atoms with Gasteiger partial charge in [-0.25, -0.2) is 9.79 Å². The van der Waals surface area contributed by atoms with Crippen molar-refractivity contribution in [3.05, 3.63) is 82.5 Å². The average molecular weight is 520 g/mol. The Labute approximate surface area is 220 Å². The van der Waals surface area contributed by atoms with Crippen LogP contribution in [0, 0.1) is 0 Å². The van der Waals surface area contributed by atoms with E-state index >= 15 is 0 Å². The van der Waals surface area contributed by atoms with Crippen LogP contribution in [-0.4, -0.2) is 48.3 Å². The number of fused-ring (bicyclic) bond motifs is 1. The molecule has 0 spiro atoms. The topological polar surface area (TPSA) is 89.5 Å². The molecule has 37 heavy (non-hydrogen) atoms. The number of allylic oxidation sites excluding steroid dienone is 1. The van der Waals surface area contributed by atoms with Crippen molar-refractivity contribution in [2.24, 2.45) is 4.99 Å². The van der Waals surface area contributed by atoms with Crippen molar-refractivity contribution in [1.29, 1.82) is 0 Å². The smallest absolute Gasteiger partial charge is 0.338 e. The van der Waals surface area contributed by atoms with E-state index in [9.17, 15) is 9.59 Å². The Morgan fingerprint density at radius 3 is 2.62 bits per heavy atom. The molecule has 3 aliphatic rings. The molecule has 2 aliphatic heterocycles. The highest BCUT2D eigenvalue weighted by atomic mass is 32.2. The standard InChI is InChI=1S/C28H29N3O5S/c1-18-25(27(33)35-14-13-34-2)26(19-7-6-10-23(15-19)36-22-8-4-3-5-9-22)31-21(17-37-28(31)29-18)16-24(32)30-20-11-12-20/h3-10,15,17,20,26H,11-14,16H2,1-2H3,(H,30,32)/t26-/m0/s1. The van der Waals surface area contributed by atoms with Crippen LogP contribution in [0.2, 0.25) is 0 Å². The van der Waals surface area contributed by atoms with E-state index in [-0.39, 0.29) is 25.0 Å². The molecule has 1 fully saturated rings. The lowest BCUT2D eigenvalue weighted by molar-refractivity contribution is -0.141. The third-order valence-electron chi connectivity index (χ3n) is 6.18. The maximum atomic E-state index is 13.3. The van der Waals surface area contributed by atoms with Crippen molar-refractivity contribution in [1.82, 2.24) is 10.2 Å². The fourth-order valence-corrected chi connectivity index (χ4v) is 5.25. The molecule has 0 radical (unpaired) electrons. The normalized spacial score (nSPS) is 18.6. The Morgan fingerprint density at radius 1 is 1.08 bits per heavy atom. The minimum atomic E-state index is -0.531. The first kappa shape index (κ1) is 25.1. The lowest BCUT2D eigenvalue weighted by atomic mass is 9.93. The number of aliphatic imine (C=N–C) groups is 1. The van der Waals surface area contributed by atoms with Gasteiger partial charge in [-0.15, -0.1) is 0 Å². The Kier molecular flexibility index (Phi) is 7.62. The average Bonchev–Trinajstić information content (AvgIpc) is 3.62. The van der Waals surface area contributed by atoms with Crippen molar-refractivity contribution < 1.29 is 23.8 Å². The van der Waals surface area contributed by atoms with Gasteiger partial charge in [-0.1, -0.05) is 42.1 Å². The van der Waals surface area contributed by atoms with Crippen LogP contribution in [0.25, 0.3) is 0 Å². The van der Waals surface area contributed by atoms with Gasteiger partial charge in [0.05, 0.1) is 30.3 Å². The van der Waals surface area contributed by atoms with Crippen molar-refractivity contribution in [2.75, 3.05) is 20.3 Å². The van der Waals surface area contributed by atoms with Gasteiger partial charge in [0.1, 0.15) is 18.1 Å². The number of nitrogens with one attached hydrogen (secondary N) is 1. The first-order valence-electron chi connectivity index (χ1n) is 12.3. The number of thioether (sulfide) groups is 1. The summed E-state index contributed by atoms with van der Waals surface area (Å²) in [5.74, 6) is 0.855. The van der Waals surface area contributed by atoms with Gasteiger partial charge in [-0.05, 0) is 55.0 Å². The quantitative estimate of drug-likeness (QED) is 0.352. The zero-order chi connectivity index (χ0) is 25.8. The fraction of sp³-hybridized carbons (Fsp3) is 0.321. The van der Waals surface area contributed by atoms with Gasteiger partial charge in [0.2, 0.25) is 5.91 Å². The molecule has 0 aromatic heterocycles. The van der Waals surface area contributed by atoms with E-state index < -0.39 is 12.0 Å². The van der Waals surface area contributed by atoms with Crippen molar-refractivity contribution in [3.8, 4) is 11.5 Å². The summed E-state index contributed by atoms with van der Waals surface area (Å²) in [6.45, 7) is 2.24. The maximum Gasteiger partial charge on any atom is 0.338 e. The summed E-state index contributed by atoms with van der Waals surface area (Å²) in [5, 5.41) is 5.71. The number of benzene rings is 2. The highest BCUT2D eigenvalue weighted by Crippen LogP contribution is 2.45. The Bertz CT molecular complexity index is 1270. The number of methoxy groups -OCH3 is 1. The summed E-state index contributed by atoms with van der Waals surface area (Å²) in [4.78, 5) is 32.7. The van der Waals surface area contributed by atoms with Crippen LogP contribution in [-0.2, 0) is 19.1 Å². The summed E-state index contributed by atoms with van der Waals surface area (Å²) in [6, 6.07) is 16.9. The number of esters is 1. The molecule has 0 bridgehead atoms. The van der Waals surface area contributed by atoms with Gasteiger partial charge in [0.15, 0.2) is 5.17 Å². The second-order valence-electron chi connectivity index (χ2n) is 9.03. The molecular formula is C28H29N3O5S. The van der Waals surface area contributed by atoms with Crippen molar-refractivity contribution >= 4 is 28.8 Å². The number of hydrogen-bond donors (Lipinski definition) is 1. The number of nitrogens with zero attached hydrogens (tertiary/aromatic N) is 2. The monoisotopic (exact) mass is 519 g/mol. The van der Waals surface area contributed by atoms with Gasteiger partial charge in [-0.2, -0.15) is 0 Å². The molecule has 2 aromatic rings. The number of carbonyl (C=O) groups is 2. The molecule has 2 heterocycles. The van der Waals surface area contributed by atoms with Gasteiger partial charge in [0.25, 0.3) is 0 Å². The van der Waals surface area contributed by atoms with Crippen LogP contribution >= 0.6 is 11.8 Å². The van der Waals surface area contributed by atoms with E-state index in [2.05, 4.69) is 5.32 Å². The molecular weight excluding hydrogens is 490 g/mol. The number of rotatable bonds is 10. The highest BCUT2D eigenvalue weighted by molar-refractivity contribution is 8.16. The lowest BCUT2D eigenvalue weighted by Gasteiger charge is -2.36. The summed E-state index contributed by atoms with van der Waals surface area (Å²) in [6.07, 6.45) is 2.24. The molecule has 1 N–H and O–H groups in total. The Hall–Kier alpha value is -3.56. The molecule has 0 saturated heterocycles. The molecule has 5 rings (SSSR count).